The van der Waals surface area contributed by atoms with E-state index in [0.717, 1.165) is 30.7 Å². The van der Waals surface area contributed by atoms with Gasteiger partial charge in [0.05, 0.1) is 17.7 Å². The summed E-state index contributed by atoms with van der Waals surface area (Å²) in [6.07, 6.45) is 11.2. The van der Waals surface area contributed by atoms with Gasteiger partial charge < -0.3 is 15.1 Å². The van der Waals surface area contributed by atoms with Crippen molar-refractivity contribution in [3.8, 4) is 0 Å². The minimum atomic E-state index is -0.933. The minimum absolute atomic E-state index is 0.0499. The van der Waals surface area contributed by atoms with Crippen molar-refractivity contribution in [1.82, 2.24) is 4.90 Å². The van der Waals surface area contributed by atoms with Crippen molar-refractivity contribution in [3.63, 3.8) is 0 Å². The van der Waals surface area contributed by atoms with Crippen LogP contribution in [-0.2, 0) is 11.2 Å². The Hall–Kier alpha value is -2.14. The van der Waals surface area contributed by atoms with E-state index in [4.69, 9.17) is 5.11 Å². The van der Waals surface area contributed by atoms with Crippen LogP contribution in [0.3, 0.4) is 0 Å². The number of carboxylic acids is 1. The number of rotatable bonds is 10. The van der Waals surface area contributed by atoms with E-state index in [1.54, 1.807) is 24.3 Å². The Labute approximate surface area is 160 Å². The van der Waals surface area contributed by atoms with Gasteiger partial charge in [-0.3, -0.25) is 4.79 Å². The van der Waals surface area contributed by atoms with Crippen LogP contribution in [0.5, 0.6) is 0 Å². The van der Waals surface area contributed by atoms with Gasteiger partial charge in [-0.25, -0.2) is 4.79 Å². The summed E-state index contributed by atoms with van der Waals surface area (Å²) in [4.78, 5) is 25.0. The smallest absolute Gasteiger partial charge is 0.335 e. The molecule has 5 nitrogen and oxygen atoms in total. The van der Waals surface area contributed by atoms with Crippen LogP contribution in [0.25, 0.3) is 0 Å². The zero-order chi connectivity index (χ0) is 19.2. The summed E-state index contributed by atoms with van der Waals surface area (Å²) < 4.78 is 0. The monoisotopic (exact) mass is 371 g/mol. The number of nitrogens with zero attached hydrogens (tertiary/aromatic N) is 1. The fourth-order valence-corrected chi connectivity index (χ4v) is 3.68. The molecule has 0 bridgehead atoms. The van der Waals surface area contributed by atoms with Gasteiger partial charge in [-0.1, -0.05) is 50.0 Å². The maximum absolute atomic E-state index is 12.2. The van der Waals surface area contributed by atoms with E-state index in [9.17, 15) is 14.7 Å². The zero-order valence-corrected chi connectivity index (χ0v) is 15.7. The van der Waals surface area contributed by atoms with Crippen LogP contribution in [0, 0.1) is 5.92 Å². The first kappa shape index (κ1) is 19.6. The van der Waals surface area contributed by atoms with Crippen molar-refractivity contribution in [2.75, 3.05) is 6.54 Å². The number of carboxylic acid groups (broad SMARTS) is 1. The lowest BCUT2D eigenvalue weighted by atomic mass is 10.1. The Morgan fingerprint density at radius 3 is 2.63 bits per heavy atom. The number of amides is 1. The average molecular weight is 371 g/mol. The van der Waals surface area contributed by atoms with Crippen molar-refractivity contribution in [1.29, 1.82) is 0 Å². The van der Waals surface area contributed by atoms with Crippen LogP contribution in [0.15, 0.2) is 36.4 Å². The number of aromatic carboxylic acids is 1. The molecule has 1 amide bonds. The molecule has 1 aliphatic heterocycles. The highest BCUT2D eigenvalue weighted by Crippen LogP contribution is 2.34. The molecule has 1 heterocycles. The van der Waals surface area contributed by atoms with Crippen LogP contribution < -0.4 is 0 Å². The number of likely N-dealkylation sites (tertiary alicyclic amines) is 1. The second-order valence-electron chi connectivity index (χ2n) is 7.77. The molecule has 2 aliphatic rings. The zero-order valence-electron chi connectivity index (χ0n) is 15.7. The van der Waals surface area contributed by atoms with Crippen LogP contribution in [0.2, 0.25) is 0 Å². The number of benzene rings is 1. The van der Waals surface area contributed by atoms with E-state index in [-0.39, 0.29) is 17.5 Å². The summed E-state index contributed by atoms with van der Waals surface area (Å²) in [5, 5.41) is 19.1. The predicted molar refractivity (Wildman–Crippen MR) is 104 cm³/mol. The lowest BCUT2D eigenvalue weighted by Crippen LogP contribution is -2.33. The molecule has 27 heavy (non-hydrogen) atoms. The van der Waals surface area contributed by atoms with Crippen LogP contribution in [0.4, 0.5) is 0 Å². The van der Waals surface area contributed by atoms with Crippen molar-refractivity contribution in [2.45, 2.75) is 63.5 Å². The van der Waals surface area contributed by atoms with E-state index in [1.165, 1.54) is 19.3 Å². The summed E-state index contributed by atoms with van der Waals surface area (Å²) in [6, 6.07) is 6.85. The van der Waals surface area contributed by atoms with Gasteiger partial charge in [0.15, 0.2) is 0 Å². The van der Waals surface area contributed by atoms with E-state index in [2.05, 4.69) is 0 Å². The maximum atomic E-state index is 12.2. The second-order valence-corrected chi connectivity index (χ2v) is 7.77. The van der Waals surface area contributed by atoms with Gasteiger partial charge in [-0.05, 0) is 42.9 Å². The van der Waals surface area contributed by atoms with Gasteiger partial charge >= 0.3 is 5.97 Å². The lowest BCUT2D eigenvalue weighted by Gasteiger charge is -2.23. The van der Waals surface area contributed by atoms with E-state index in [1.807, 2.05) is 17.1 Å². The predicted octanol–water partition coefficient (Wildman–Crippen LogP) is 3.42. The quantitative estimate of drug-likeness (QED) is 0.618. The van der Waals surface area contributed by atoms with Crippen molar-refractivity contribution >= 4 is 11.9 Å². The lowest BCUT2D eigenvalue weighted by molar-refractivity contribution is -0.128. The number of carbonyl (C=O) groups excluding carboxylic acids is 1. The van der Waals surface area contributed by atoms with Gasteiger partial charge in [0, 0.05) is 13.0 Å². The number of aliphatic hydroxyl groups is 1. The molecule has 5 heteroatoms. The average Bonchev–Trinajstić information content (AvgIpc) is 3.41. The Balaban J connectivity index is 1.47. The molecule has 2 N–H and O–H groups in total. The molecule has 1 saturated heterocycles. The normalized spacial score (nSPS) is 21.1. The fourth-order valence-electron chi connectivity index (χ4n) is 3.68. The summed E-state index contributed by atoms with van der Waals surface area (Å²) in [5.74, 6) is 0.112. The third-order valence-corrected chi connectivity index (χ3v) is 5.58. The number of hydrogen-bond donors (Lipinski definition) is 2. The molecule has 146 valence electrons. The van der Waals surface area contributed by atoms with Gasteiger partial charge in [0.1, 0.15) is 0 Å². The summed E-state index contributed by atoms with van der Waals surface area (Å²) in [6.45, 7) is 0.609. The molecule has 0 unspecified atom stereocenters. The van der Waals surface area contributed by atoms with Crippen LogP contribution >= 0.6 is 0 Å². The van der Waals surface area contributed by atoms with Crippen molar-refractivity contribution < 1.29 is 19.8 Å². The minimum Gasteiger partial charge on any atom is -0.478 e. The first-order valence-electron chi connectivity index (χ1n) is 10.0. The third-order valence-electron chi connectivity index (χ3n) is 5.58. The summed E-state index contributed by atoms with van der Waals surface area (Å²) in [5.41, 5.74) is 1.29. The SMILES string of the molecule is O=C(O)c1ccc(CCN2C(=O)CC[C@@H]2C=C[C@@H](O)CCCC2CC2)cc1. The van der Waals surface area contributed by atoms with Gasteiger partial charge in [-0.2, -0.15) is 0 Å². The molecule has 2 atom stereocenters. The van der Waals surface area contributed by atoms with Crippen LogP contribution in [-0.4, -0.2) is 45.7 Å². The Bertz CT molecular complexity index is 678. The highest BCUT2D eigenvalue weighted by atomic mass is 16.4. The molecule has 0 aromatic heterocycles. The highest BCUT2D eigenvalue weighted by molar-refractivity contribution is 5.87. The largest absolute Gasteiger partial charge is 0.478 e. The Morgan fingerprint density at radius 1 is 1.22 bits per heavy atom. The summed E-state index contributed by atoms with van der Waals surface area (Å²) in [7, 11) is 0. The maximum Gasteiger partial charge on any atom is 0.335 e. The van der Waals surface area contributed by atoms with Crippen molar-refractivity contribution in [2.24, 2.45) is 5.92 Å². The number of aliphatic hydroxyl groups excluding tert-OH is 1. The van der Waals surface area contributed by atoms with Gasteiger partial charge in [-0.15, -0.1) is 0 Å². The molecule has 1 aliphatic carbocycles. The third kappa shape index (κ3) is 5.93. The summed E-state index contributed by atoms with van der Waals surface area (Å²) >= 11 is 0. The highest BCUT2D eigenvalue weighted by Gasteiger charge is 2.28. The molecular formula is C22H29NO4. The van der Waals surface area contributed by atoms with Crippen LogP contribution in [0.1, 0.15) is 60.9 Å². The van der Waals surface area contributed by atoms with E-state index < -0.39 is 12.1 Å². The Kier molecular flexibility index (Phi) is 6.67. The van der Waals surface area contributed by atoms with Crippen molar-refractivity contribution in [3.05, 3.63) is 47.5 Å². The first-order chi connectivity index (χ1) is 13.0. The Morgan fingerprint density at radius 2 is 1.96 bits per heavy atom. The molecular weight excluding hydrogens is 342 g/mol. The first-order valence-corrected chi connectivity index (χ1v) is 10.0. The standard InChI is InChI=1S/C22H29NO4/c24-20(3-1-2-16-4-5-16)12-10-19-11-13-21(25)23(19)15-14-17-6-8-18(9-7-17)22(26)27/h6-10,12,16,19-20,24H,1-5,11,13-15H2,(H,26,27)/t19-,20-/m0/s1. The number of carbonyl (C=O) groups is 2. The second kappa shape index (κ2) is 9.18. The topological polar surface area (TPSA) is 77.8 Å². The van der Waals surface area contributed by atoms with E-state index in [0.29, 0.717) is 19.4 Å². The molecule has 3 rings (SSSR count). The molecule has 1 aromatic rings. The fraction of sp³-hybridized carbons (Fsp3) is 0.545. The molecule has 0 spiro atoms. The molecule has 2 fully saturated rings. The molecule has 1 saturated carbocycles. The van der Waals surface area contributed by atoms with Gasteiger partial charge in [0.25, 0.3) is 0 Å². The number of hydrogen-bond acceptors (Lipinski definition) is 3. The van der Waals surface area contributed by atoms with Gasteiger partial charge in [0.2, 0.25) is 5.91 Å². The van der Waals surface area contributed by atoms with E-state index >= 15 is 0 Å². The molecule has 0 radical (unpaired) electrons. The molecule has 1 aromatic carbocycles.